The van der Waals surface area contributed by atoms with Crippen molar-refractivity contribution in [2.45, 2.75) is 6.92 Å². The monoisotopic (exact) mass is 330 g/mol. The summed E-state index contributed by atoms with van der Waals surface area (Å²) in [6.45, 7) is 1.86. The van der Waals surface area contributed by atoms with Crippen molar-refractivity contribution >= 4 is 0 Å². The van der Waals surface area contributed by atoms with Crippen molar-refractivity contribution in [3.05, 3.63) is 65.9 Å². The zero-order valence-corrected chi connectivity index (χ0v) is 14.4. The number of rotatable bonds is 4. The molecule has 0 saturated heterocycles. The van der Waals surface area contributed by atoms with E-state index in [9.17, 15) is 5.26 Å². The Hall–Kier alpha value is -3.32. The van der Waals surface area contributed by atoms with Gasteiger partial charge in [0.2, 0.25) is 0 Å². The molecule has 0 aliphatic carbocycles. The second kappa shape index (κ2) is 7.06. The SMILES string of the molecule is COc1ccc(-c2cc(-c3ccc(OC)cc3)c(C#N)c(C)n2)cc1. The van der Waals surface area contributed by atoms with Gasteiger partial charge in [0.05, 0.1) is 31.2 Å². The van der Waals surface area contributed by atoms with Gasteiger partial charge < -0.3 is 9.47 Å². The average molecular weight is 330 g/mol. The molecule has 0 aliphatic rings. The first-order chi connectivity index (χ1) is 12.2. The van der Waals surface area contributed by atoms with Crippen molar-refractivity contribution in [2.24, 2.45) is 0 Å². The molecule has 0 spiro atoms. The molecule has 25 heavy (non-hydrogen) atoms. The highest BCUT2D eigenvalue weighted by Gasteiger charge is 2.13. The lowest BCUT2D eigenvalue weighted by atomic mass is 9.97. The molecule has 3 aromatic rings. The van der Waals surface area contributed by atoms with E-state index in [0.717, 1.165) is 33.9 Å². The van der Waals surface area contributed by atoms with Gasteiger partial charge in [0.25, 0.3) is 0 Å². The topological polar surface area (TPSA) is 55.1 Å². The molecule has 4 heteroatoms. The van der Waals surface area contributed by atoms with Crippen molar-refractivity contribution in [1.29, 1.82) is 5.26 Å². The molecule has 0 fully saturated rings. The molecule has 0 bridgehead atoms. The number of ether oxygens (including phenoxy) is 2. The van der Waals surface area contributed by atoms with E-state index in [2.05, 4.69) is 11.1 Å². The van der Waals surface area contributed by atoms with Crippen LogP contribution in [-0.2, 0) is 0 Å². The third kappa shape index (κ3) is 3.31. The molecule has 4 nitrogen and oxygen atoms in total. The fourth-order valence-corrected chi connectivity index (χ4v) is 2.72. The Bertz CT molecular complexity index is 924. The number of methoxy groups -OCH3 is 2. The molecular weight excluding hydrogens is 312 g/mol. The summed E-state index contributed by atoms with van der Waals surface area (Å²) < 4.78 is 10.4. The molecule has 0 saturated carbocycles. The standard InChI is InChI=1S/C21H18N2O2/c1-14-20(13-22)19(15-4-8-17(24-2)9-5-15)12-21(23-14)16-6-10-18(25-3)11-7-16/h4-12H,1-3H3. The molecule has 0 atom stereocenters. The molecule has 3 rings (SSSR count). The van der Waals surface area contributed by atoms with Crippen molar-refractivity contribution in [1.82, 2.24) is 4.98 Å². The van der Waals surface area contributed by atoms with Crippen LogP contribution in [0.4, 0.5) is 0 Å². The van der Waals surface area contributed by atoms with E-state index in [0.29, 0.717) is 11.3 Å². The summed E-state index contributed by atoms with van der Waals surface area (Å²) in [6.07, 6.45) is 0. The van der Waals surface area contributed by atoms with Gasteiger partial charge in [0.1, 0.15) is 17.6 Å². The largest absolute Gasteiger partial charge is 0.497 e. The number of nitrogens with zero attached hydrogens (tertiary/aromatic N) is 2. The Kier molecular flexibility index (Phi) is 4.67. The number of pyridine rings is 1. The second-order valence-corrected chi connectivity index (χ2v) is 5.58. The van der Waals surface area contributed by atoms with Gasteiger partial charge in [0, 0.05) is 11.1 Å². The van der Waals surface area contributed by atoms with Crippen LogP contribution in [0.1, 0.15) is 11.3 Å². The zero-order valence-electron chi connectivity index (χ0n) is 14.4. The van der Waals surface area contributed by atoms with E-state index in [1.807, 2.05) is 61.5 Å². The third-order valence-electron chi connectivity index (χ3n) is 4.10. The fourth-order valence-electron chi connectivity index (χ4n) is 2.72. The minimum Gasteiger partial charge on any atom is -0.497 e. The molecule has 0 aliphatic heterocycles. The summed E-state index contributed by atoms with van der Waals surface area (Å²) >= 11 is 0. The highest BCUT2D eigenvalue weighted by Crippen LogP contribution is 2.31. The van der Waals surface area contributed by atoms with Crippen LogP contribution in [0.3, 0.4) is 0 Å². The highest BCUT2D eigenvalue weighted by atomic mass is 16.5. The van der Waals surface area contributed by atoms with Crippen molar-refractivity contribution in [3.63, 3.8) is 0 Å². The van der Waals surface area contributed by atoms with Gasteiger partial charge in [-0.15, -0.1) is 0 Å². The summed E-state index contributed by atoms with van der Waals surface area (Å²) in [7, 11) is 3.27. The first-order valence-corrected chi connectivity index (χ1v) is 7.87. The van der Waals surface area contributed by atoms with E-state index in [-0.39, 0.29) is 0 Å². The summed E-state index contributed by atoms with van der Waals surface area (Å²) in [4.78, 5) is 4.60. The van der Waals surface area contributed by atoms with E-state index >= 15 is 0 Å². The van der Waals surface area contributed by atoms with Crippen LogP contribution in [0, 0.1) is 18.3 Å². The maximum Gasteiger partial charge on any atom is 0.118 e. The molecule has 0 unspecified atom stereocenters. The van der Waals surface area contributed by atoms with Crippen molar-refractivity contribution < 1.29 is 9.47 Å². The Morgan fingerprint density at radius 3 is 1.84 bits per heavy atom. The highest BCUT2D eigenvalue weighted by molar-refractivity contribution is 5.77. The van der Waals surface area contributed by atoms with Gasteiger partial charge in [0.15, 0.2) is 0 Å². The minimum absolute atomic E-state index is 0.586. The number of hydrogen-bond donors (Lipinski definition) is 0. The van der Waals surface area contributed by atoms with E-state index < -0.39 is 0 Å². The van der Waals surface area contributed by atoms with Gasteiger partial charge >= 0.3 is 0 Å². The zero-order chi connectivity index (χ0) is 17.8. The van der Waals surface area contributed by atoms with Crippen molar-refractivity contribution in [2.75, 3.05) is 14.2 Å². The molecular formula is C21H18N2O2. The van der Waals surface area contributed by atoms with Crippen LogP contribution in [-0.4, -0.2) is 19.2 Å². The molecule has 2 aromatic carbocycles. The van der Waals surface area contributed by atoms with Crippen molar-refractivity contribution in [3.8, 4) is 40.0 Å². The van der Waals surface area contributed by atoms with E-state index in [1.165, 1.54) is 0 Å². The lowest BCUT2D eigenvalue weighted by Gasteiger charge is -2.11. The Morgan fingerprint density at radius 1 is 0.840 bits per heavy atom. The minimum atomic E-state index is 0.586. The quantitative estimate of drug-likeness (QED) is 0.701. The van der Waals surface area contributed by atoms with E-state index in [4.69, 9.17) is 9.47 Å². The van der Waals surface area contributed by atoms with Gasteiger partial charge in [-0.05, 0) is 55.0 Å². The number of nitriles is 1. The molecule has 124 valence electrons. The first-order valence-electron chi connectivity index (χ1n) is 7.87. The molecule has 0 N–H and O–H groups in total. The van der Waals surface area contributed by atoms with Crippen LogP contribution in [0.15, 0.2) is 54.6 Å². The lowest BCUT2D eigenvalue weighted by molar-refractivity contribution is 0.415. The average Bonchev–Trinajstić information content (AvgIpc) is 2.67. The second-order valence-electron chi connectivity index (χ2n) is 5.58. The van der Waals surface area contributed by atoms with Crippen LogP contribution < -0.4 is 9.47 Å². The molecule has 0 radical (unpaired) electrons. The van der Waals surface area contributed by atoms with Crippen LogP contribution in [0.5, 0.6) is 11.5 Å². The number of aryl methyl sites for hydroxylation is 1. The van der Waals surface area contributed by atoms with Crippen LogP contribution in [0.2, 0.25) is 0 Å². The Balaban J connectivity index is 2.12. The summed E-state index contributed by atoms with van der Waals surface area (Å²) in [6, 6.07) is 19.6. The predicted octanol–water partition coefficient (Wildman–Crippen LogP) is 4.61. The Labute approximate surface area is 147 Å². The molecule has 0 amide bonds. The molecule has 1 heterocycles. The fraction of sp³-hybridized carbons (Fsp3) is 0.143. The predicted molar refractivity (Wildman–Crippen MR) is 97.7 cm³/mol. The van der Waals surface area contributed by atoms with Gasteiger partial charge in [-0.25, -0.2) is 0 Å². The van der Waals surface area contributed by atoms with Gasteiger partial charge in [-0.3, -0.25) is 4.98 Å². The number of aromatic nitrogens is 1. The maximum absolute atomic E-state index is 9.56. The van der Waals surface area contributed by atoms with E-state index in [1.54, 1.807) is 14.2 Å². The maximum atomic E-state index is 9.56. The Morgan fingerprint density at radius 2 is 1.36 bits per heavy atom. The number of hydrogen-bond acceptors (Lipinski definition) is 4. The first kappa shape index (κ1) is 16.5. The van der Waals surface area contributed by atoms with Crippen LogP contribution in [0.25, 0.3) is 22.4 Å². The molecule has 1 aromatic heterocycles. The lowest BCUT2D eigenvalue weighted by Crippen LogP contribution is -1.96. The van der Waals surface area contributed by atoms with Gasteiger partial charge in [-0.2, -0.15) is 5.26 Å². The smallest absolute Gasteiger partial charge is 0.118 e. The number of benzene rings is 2. The summed E-state index contributed by atoms with van der Waals surface area (Å²) in [5.74, 6) is 1.58. The third-order valence-corrected chi connectivity index (χ3v) is 4.10. The normalized spacial score (nSPS) is 10.2. The summed E-state index contributed by atoms with van der Waals surface area (Å²) in [5.41, 5.74) is 4.92. The summed E-state index contributed by atoms with van der Waals surface area (Å²) in [5, 5.41) is 9.56. The van der Waals surface area contributed by atoms with Crippen LogP contribution >= 0.6 is 0 Å². The van der Waals surface area contributed by atoms with Gasteiger partial charge in [-0.1, -0.05) is 12.1 Å².